The first kappa shape index (κ1) is 29.3. The number of carbonyl (C=O) groups excluding carboxylic acids is 3. The van der Waals surface area contributed by atoms with Gasteiger partial charge in [0.2, 0.25) is 5.91 Å². The van der Waals surface area contributed by atoms with Gasteiger partial charge in [0.25, 0.3) is 11.8 Å². The molecule has 0 aliphatic heterocycles. The summed E-state index contributed by atoms with van der Waals surface area (Å²) in [6.07, 6.45) is 2.70. The predicted molar refractivity (Wildman–Crippen MR) is 151 cm³/mol. The minimum Gasteiger partial charge on any atom is -0.391 e. The third kappa shape index (κ3) is 6.89. The number of carbonyl (C=O) groups is 3. The highest BCUT2D eigenvalue weighted by molar-refractivity contribution is 5.97. The number of fused-ring (bicyclic) bond motifs is 2. The van der Waals surface area contributed by atoms with Gasteiger partial charge in [0.05, 0.1) is 12.6 Å². The van der Waals surface area contributed by atoms with Crippen LogP contribution in [0.1, 0.15) is 61.5 Å². The molecule has 212 valence electrons. The quantitative estimate of drug-likeness (QED) is 0.162. The molecule has 0 heterocycles. The van der Waals surface area contributed by atoms with Gasteiger partial charge in [-0.05, 0) is 104 Å². The first-order valence-corrected chi connectivity index (χ1v) is 13.7. The number of anilines is 1. The Kier molecular flexibility index (Phi) is 9.25. The lowest BCUT2D eigenvalue weighted by atomic mass is 9.45. The molecule has 2 aromatic rings. The Morgan fingerprint density at radius 1 is 1.00 bits per heavy atom. The van der Waals surface area contributed by atoms with E-state index in [0.29, 0.717) is 22.6 Å². The highest BCUT2D eigenvalue weighted by Gasteiger charge is 2.53. The number of amides is 3. The number of benzene rings is 2. The summed E-state index contributed by atoms with van der Waals surface area (Å²) in [6.45, 7) is 7.28. The van der Waals surface area contributed by atoms with Crippen molar-refractivity contribution in [3.05, 3.63) is 65.2 Å². The van der Waals surface area contributed by atoms with Crippen LogP contribution in [0.25, 0.3) is 0 Å². The number of hydroxylamine groups is 1. The van der Waals surface area contributed by atoms with E-state index in [0.717, 1.165) is 23.9 Å². The van der Waals surface area contributed by atoms with Crippen molar-refractivity contribution in [3.8, 4) is 11.8 Å². The van der Waals surface area contributed by atoms with Gasteiger partial charge in [-0.25, -0.2) is 5.48 Å². The summed E-state index contributed by atoms with van der Waals surface area (Å²) < 4.78 is 0. The molecule has 0 spiro atoms. The number of rotatable bonds is 9. The van der Waals surface area contributed by atoms with Crippen LogP contribution < -0.4 is 21.4 Å². The Morgan fingerprint density at radius 2 is 1.62 bits per heavy atom. The van der Waals surface area contributed by atoms with Crippen molar-refractivity contribution in [1.82, 2.24) is 16.1 Å². The molecule has 6 N–H and O–H groups in total. The lowest BCUT2D eigenvalue weighted by Gasteiger charge is -2.60. The first-order chi connectivity index (χ1) is 19.1. The fraction of sp³-hybridized carbons (Fsp3) is 0.452. The van der Waals surface area contributed by atoms with Gasteiger partial charge in [-0.3, -0.25) is 19.6 Å². The predicted octanol–water partition coefficient (Wildman–Crippen LogP) is 2.67. The molecule has 3 aliphatic carbocycles. The molecule has 2 aromatic carbocycles. The fourth-order valence-corrected chi connectivity index (χ4v) is 5.97. The third-order valence-electron chi connectivity index (χ3n) is 8.52. The lowest BCUT2D eigenvalue weighted by Crippen LogP contribution is -2.54. The molecule has 0 aromatic heterocycles. The second-order valence-electron chi connectivity index (χ2n) is 11.4. The van der Waals surface area contributed by atoms with Gasteiger partial charge in [0, 0.05) is 22.4 Å². The maximum absolute atomic E-state index is 12.4. The minimum atomic E-state index is -1.29. The van der Waals surface area contributed by atoms with Crippen molar-refractivity contribution in [1.29, 1.82) is 0 Å². The Morgan fingerprint density at radius 3 is 2.17 bits per heavy atom. The van der Waals surface area contributed by atoms with Crippen LogP contribution in [-0.4, -0.2) is 53.3 Å². The van der Waals surface area contributed by atoms with Gasteiger partial charge < -0.3 is 21.1 Å². The van der Waals surface area contributed by atoms with Crippen molar-refractivity contribution in [2.75, 3.05) is 18.4 Å². The SMILES string of the molecule is C[C@@H](O)[C@H](NC(=O)c1ccc(C#Cc2ccc(NC(=O)CNC[C@@H]3CC[C@H]4C[C@H]3C4(C)C)cc2)cc1)C(=O)NO. The molecule has 3 saturated carbocycles. The summed E-state index contributed by atoms with van der Waals surface area (Å²) in [6, 6.07) is 12.5. The van der Waals surface area contributed by atoms with E-state index in [1.165, 1.54) is 31.7 Å². The Bertz CT molecular complexity index is 1280. The van der Waals surface area contributed by atoms with Crippen LogP contribution in [-0.2, 0) is 9.59 Å². The van der Waals surface area contributed by atoms with Crippen molar-refractivity contribution in [2.45, 2.75) is 52.2 Å². The monoisotopic (exact) mass is 546 g/mol. The number of aliphatic hydroxyl groups is 1. The Labute approximate surface area is 235 Å². The zero-order chi connectivity index (χ0) is 28.9. The van der Waals surface area contributed by atoms with Crippen molar-refractivity contribution >= 4 is 23.4 Å². The van der Waals surface area contributed by atoms with Crippen LogP contribution in [0.15, 0.2) is 48.5 Å². The van der Waals surface area contributed by atoms with Gasteiger partial charge in [-0.1, -0.05) is 25.7 Å². The van der Waals surface area contributed by atoms with Gasteiger partial charge in [0.15, 0.2) is 0 Å². The Balaban J connectivity index is 1.23. The molecule has 0 unspecified atom stereocenters. The van der Waals surface area contributed by atoms with E-state index < -0.39 is 24.0 Å². The topological polar surface area (TPSA) is 140 Å². The van der Waals surface area contributed by atoms with Crippen molar-refractivity contribution in [3.63, 3.8) is 0 Å². The molecular weight excluding hydrogens is 508 g/mol. The zero-order valence-electron chi connectivity index (χ0n) is 23.2. The summed E-state index contributed by atoms with van der Waals surface area (Å²) in [7, 11) is 0. The first-order valence-electron chi connectivity index (χ1n) is 13.7. The fourth-order valence-electron chi connectivity index (χ4n) is 5.97. The van der Waals surface area contributed by atoms with Crippen molar-refractivity contribution in [2.24, 2.45) is 23.2 Å². The molecule has 40 heavy (non-hydrogen) atoms. The molecule has 2 bridgehead atoms. The van der Waals surface area contributed by atoms with Gasteiger partial charge >= 0.3 is 0 Å². The van der Waals surface area contributed by atoms with Crippen LogP contribution in [0.2, 0.25) is 0 Å². The zero-order valence-corrected chi connectivity index (χ0v) is 23.2. The molecule has 3 amide bonds. The molecular formula is C31H38N4O5. The summed E-state index contributed by atoms with van der Waals surface area (Å²) >= 11 is 0. The molecule has 0 radical (unpaired) electrons. The van der Waals surface area contributed by atoms with Gasteiger partial charge in [0.1, 0.15) is 6.04 Å². The number of hydrogen-bond donors (Lipinski definition) is 6. The largest absolute Gasteiger partial charge is 0.391 e. The van der Waals surface area contributed by atoms with Gasteiger partial charge in [-0.2, -0.15) is 0 Å². The number of aliphatic hydroxyl groups excluding tert-OH is 1. The Hall–Kier alpha value is -3.71. The van der Waals surface area contributed by atoms with Crippen LogP contribution in [0, 0.1) is 35.0 Å². The minimum absolute atomic E-state index is 0.0683. The maximum atomic E-state index is 12.4. The van der Waals surface area contributed by atoms with Crippen LogP contribution >= 0.6 is 0 Å². The molecule has 3 fully saturated rings. The second-order valence-corrected chi connectivity index (χ2v) is 11.4. The van der Waals surface area contributed by atoms with E-state index in [2.05, 4.69) is 41.6 Å². The van der Waals surface area contributed by atoms with Crippen LogP contribution in [0.4, 0.5) is 5.69 Å². The normalized spacial score (nSPS) is 22.0. The van der Waals surface area contributed by atoms with E-state index in [4.69, 9.17) is 5.21 Å². The highest BCUT2D eigenvalue weighted by Crippen LogP contribution is 2.61. The summed E-state index contributed by atoms with van der Waals surface area (Å²) in [5.74, 6) is 6.83. The number of hydrogen-bond acceptors (Lipinski definition) is 6. The van der Waals surface area contributed by atoms with E-state index in [9.17, 15) is 19.5 Å². The summed E-state index contributed by atoms with van der Waals surface area (Å²) in [5.41, 5.74) is 4.30. The molecule has 5 atom stereocenters. The maximum Gasteiger partial charge on any atom is 0.268 e. The summed E-state index contributed by atoms with van der Waals surface area (Å²) in [4.78, 5) is 36.4. The van der Waals surface area contributed by atoms with E-state index in [1.807, 2.05) is 24.3 Å². The van der Waals surface area contributed by atoms with E-state index >= 15 is 0 Å². The standard InChI is InChI=1S/C31H38N4O5/c1-19(36)28(30(39)35-40)34-29(38)22-10-6-20(7-11-22)4-5-21-8-14-25(15-9-21)33-27(37)18-32-17-23-12-13-24-16-26(23)31(24,2)3/h6-11,14-15,19,23-24,26,28,32,36,40H,12-13,16-18H2,1-3H3,(H,33,37)(H,34,38)(H,35,39)/t19-,23+,24+,26-,28+/m1/s1. The third-order valence-corrected chi connectivity index (χ3v) is 8.52. The average molecular weight is 547 g/mol. The van der Waals surface area contributed by atoms with E-state index in [1.54, 1.807) is 24.3 Å². The molecule has 9 heteroatoms. The number of nitrogens with one attached hydrogen (secondary N) is 4. The molecule has 3 aliphatic rings. The van der Waals surface area contributed by atoms with Crippen LogP contribution in [0.3, 0.4) is 0 Å². The average Bonchev–Trinajstić information content (AvgIpc) is 2.95. The molecule has 9 nitrogen and oxygen atoms in total. The second kappa shape index (κ2) is 12.6. The van der Waals surface area contributed by atoms with Gasteiger partial charge in [-0.15, -0.1) is 0 Å². The summed E-state index contributed by atoms with van der Waals surface area (Å²) in [5, 5.41) is 27.1. The highest BCUT2D eigenvalue weighted by atomic mass is 16.5. The van der Waals surface area contributed by atoms with E-state index in [-0.39, 0.29) is 18.0 Å². The lowest BCUT2D eigenvalue weighted by molar-refractivity contribution is -0.133. The van der Waals surface area contributed by atoms with Crippen LogP contribution in [0.5, 0.6) is 0 Å². The molecule has 0 saturated heterocycles. The van der Waals surface area contributed by atoms with Crippen molar-refractivity contribution < 1.29 is 24.7 Å². The smallest absolute Gasteiger partial charge is 0.268 e. The molecule has 5 rings (SSSR count).